The molecule has 0 aromatic carbocycles. The van der Waals surface area contributed by atoms with E-state index in [0.29, 0.717) is 30.3 Å². The predicted molar refractivity (Wildman–Crippen MR) is 81.6 cm³/mol. The molecule has 4 heteroatoms. The van der Waals surface area contributed by atoms with Crippen LogP contribution in [0.3, 0.4) is 0 Å². The maximum atomic E-state index is 10.0. The SMILES string of the molecule is CC1C[C@H](C)C(C)[C@H](OC[C@H]2C(C)C(O)OC(C)[C@@H]2C)O1. The standard InChI is InChI=1S/C17H32O4/c1-9-7-10(2)20-17(11(9)3)19-8-15-12(4)14(6)21-16(18)13(15)5/h9-18H,7-8H2,1-6H3/t9-,10?,11?,12-,13?,14?,15+,16?,17+/m0/s1. The minimum Gasteiger partial charge on any atom is -0.368 e. The summed E-state index contributed by atoms with van der Waals surface area (Å²) in [4.78, 5) is 0. The average Bonchev–Trinajstić information content (AvgIpc) is 2.41. The molecule has 0 radical (unpaired) electrons. The normalized spacial score (nSPS) is 51.9. The van der Waals surface area contributed by atoms with Gasteiger partial charge in [-0.15, -0.1) is 0 Å². The molecule has 0 saturated carbocycles. The van der Waals surface area contributed by atoms with Crippen LogP contribution in [0.4, 0.5) is 0 Å². The number of rotatable bonds is 3. The van der Waals surface area contributed by atoms with E-state index in [2.05, 4.69) is 27.7 Å². The van der Waals surface area contributed by atoms with Gasteiger partial charge in [0.1, 0.15) is 0 Å². The van der Waals surface area contributed by atoms with Crippen molar-refractivity contribution in [3.8, 4) is 0 Å². The van der Waals surface area contributed by atoms with Crippen molar-refractivity contribution in [2.45, 2.75) is 72.8 Å². The molecule has 2 aliphatic rings. The zero-order valence-electron chi connectivity index (χ0n) is 14.3. The molecule has 2 saturated heterocycles. The molecule has 2 aliphatic heterocycles. The Bertz CT molecular complexity index is 321. The Kier molecular flexibility index (Phi) is 5.69. The van der Waals surface area contributed by atoms with Crippen LogP contribution in [0, 0.1) is 29.6 Å². The van der Waals surface area contributed by atoms with Gasteiger partial charge in [0.2, 0.25) is 0 Å². The van der Waals surface area contributed by atoms with E-state index in [0.717, 1.165) is 6.42 Å². The van der Waals surface area contributed by atoms with E-state index >= 15 is 0 Å². The van der Waals surface area contributed by atoms with Crippen molar-refractivity contribution in [3.05, 3.63) is 0 Å². The van der Waals surface area contributed by atoms with Gasteiger partial charge in [-0.2, -0.15) is 0 Å². The van der Waals surface area contributed by atoms with Crippen LogP contribution in [0.5, 0.6) is 0 Å². The molecule has 0 aromatic heterocycles. The fourth-order valence-electron chi connectivity index (χ4n) is 3.62. The van der Waals surface area contributed by atoms with Crippen LogP contribution in [0.2, 0.25) is 0 Å². The highest BCUT2D eigenvalue weighted by molar-refractivity contribution is 4.83. The summed E-state index contributed by atoms with van der Waals surface area (Å²) in [5.74, 6) is 1.79. The molecule has 0 aromatic rings. The van der Waals surface area contributed by atoms with Crippen LogP contribution in [0.15, 0.2) is 0 Å². The van der Waals surface area contributed by atoms with E-state index in [9.17, 15) is 5.11 Å². The van der Waals surface area contributed by atoms with Crippen molar-refractivity contribution >= 4 is 0 Å². The third-order valence-corrected chi connectivity index (χ3v) is 5.74. The smallest absolute Gasteiger partial charge is 0.160 e. The van der Waals surface area contributed by atoms with Crippen LogP contribution < -0.4 is 0 Å². The van der Waals surface area contributed by atoms with Gasteiger partial charge in [0.05, 0.1) is 18.8 Å². The second kappa shape index (κ2) is 6.95. The van der Waals surface area contributed by atoms with Crippen molar-refractivity contribution in [2.24, 2.45) is 29.6 Å². The summed E-state index contributed by atoms with van der Waals surface area (Å²) < 4.78 is 17.6. The van der Waals surface area contributed by atoms with Crippen molar-refractivity contribution in [2.75, 3.05) is 6.61 Å². The van der Waals surface area contributed by atoms with Gasteiger partial charge in [-0.25, -0.2) is 0 Å². The van der Waals surface area contributed by atoms with Gasteiger partial charge in [0.15, 0.2) is 12.6 Å². The summed E-state index contributed by atoms with van der Waals surface area (Å²) in [5.41, 5.74) is 0. The van der Waals surface area contributed by atoms with Crippen LogP contribution in [-0.4, -0.2) is 36.5 Å². The largest absolute Gasteiger partial charge is 0.368 e. The van der Waals surface area contributed by atoms with E-state index < -0.39 is 6.29 Å². The molecule has 0 aliphatic carbocycles. The van der Waals surface area contributed by atoms with Gasteiger partial charge in [0, 0.05) is 11.8 Å². The second-order valence-corrected chi connectivity index (χ2v) is 7.33. The number of hydrogen-bond donors (Lipinski definition) is 1. The van der Waals surface area contributed by atoms with Crippen LogP contribution >= 0.6 is 0 Å². The van der Waals surface area contributed by atoms with Gasteiger partial charge in [-0.1, -0.05) is 27.7 Å². The molecular formula is C17H32O4. The maximum Gasteiger partial charge on any atom is 0.160 e. The monoisotopic (exact) mass is 300 g/mol. The van der Waals surface area contributed by atoms with Crippen molar-refractivity contribution in [1.29, 1.82) is 0 Å². The van der Waals surface area contributed by atoms with E-state index in [1.165, 1.54) is 0 Å². The average molecular weight is 300 g/mol. The third kappa shape index (κ3) is 3.79. The molecule has 124 valence electrons. The Labute approximate surface area is 129 Å². The highest BCUT2D eigenvalue weighted by atomic mass is 16.7. The summed E-state index contributed by atoms with van der Waals surface area (Å²) in [6.45, 7) is 13.5. The van der Waals surface area contributed by atoms with E-state index in [1.807, 2.05) is 13.8 Å². The first-order valence-corrected chi connectivity index (χ1v) is 8.41. The molecule has 4 nitrogen and oxygen atoms in total. The molecule has 0 spiro atoms. The first-order valence-electron chi connectivity index (χ1n) is 8.41. The topological polar surface area (TPSA) is 47.9 Å². The number of ether oxygens (including phenoxy) is 3. The molecule has 21 heavy (non-hydrogen) atoms. The molecule has 2 fully saturated rings. The van der Waals surface area contributed by atoms with Gasteiger partial charge in [0.25, 0.3) is 0 Å². The zero-order chi connectivity index (χ0) is 15.7. The van der Waals surface area contributed by atoms with Crippen LogP contribution in [0.1, 0.15) is 48.0 Å². The highest BCUT2D eigenvalue weighted by Gasteiger charge is 2.40. The van der Waals surface area contributed by atoms with E-state index in [4.69, 9.17) is 14.2 Å². The minimum absolute atomic E-state index is 0.0624. The number of aliphatic hydroxyl groups is 1. The Balaban J connectivity index is 1.94. The molecule has 1 N–H and O–H groups in total. The lowest BCUT2D eigenvalue weighted by atomic mass is 9.78. The van der Waals surface area contributed by atoms with Crippen molar-refractivity contribution in [3.63, 3.8) is 0 Å². The summed E-state index contributed by atoms with van der Waals surface area (Å²) in [6.07, 6.45) is 0.606. The van der Waals surface area contributed by atoms with Gasteiger partial charge < -0.3 is 19.3 Å². The minimum atomic E-state index is -0.688. The molecule has 0 amide bonds. The summed E-state index contributed by atoms with van der Waals surface area (Å²) >= 11 is 0. The van der Waals surface area contributed by atoms with Gasteiger partial charge >= 0.3 is 0 Å². The summed E-state index contributed by atoms with van der Waals surface area (Å²) in [7, 11) is 0. The van der Waals surface area contributed by atoms with Gasteiger partial charge in [-0.05, 0) is 38.0 Å². The molecule has 5 unspecified atom stereocenters. The van der Waals surface area contributed by atoms with Gasteiger partial charge in [-0.3, -0.25) is 0 Å². The molecule has 0 bridgehead atoms. The van der Waals surface area contributed by atoms with Crippen LogP contribution in [0.25, 0.3) is 0 Å². The van der Waals surface area contributed by atoms with Crippen molar-refractivity contribution in [1.82, 2.24) is 0 Å². The summed E-state index contributed by atoms with van der Waals surface area (Å²) in [5, 5.41) is 10.0. The Morgan fingerprint density at radius 2 is 1.62 bits per heavy atom. The van der Waals surface area contributed by atoms with E-state index in [1.54, 1.807) is 0 Å². The lowest BCUT2D eigenvalue weighted by Gasteiger charge is -2.43. The number of hydrogen-bond acceptors (Lipinski definition) is 4. The second-order valence-electron chi connectivity index (χ2n) is 7.33. The maximum absolute atomic E-state index is 10.0. The molecular weight excluding hydrogens is 268 g/mol. The lowest BCUT2D eigenvalue weighted by Crippen LogP contribution is -2.47. The third-order valence-electron chi connectivity index (χ3n) is 5.74. The first-order chi connectivity index (χ1) is 9.81. The fraction of sp³-hybridized carbons (Fsp3) is 1.00. The molecule has 2 heterocycles. The number of aliphatic hydroxyl groups excluding tert-OH is 1. The summed E-state index contributed by atoms with van der Waals surface area (Å²) in [6, 6.07) is 0. The Hall–Kier alpha value is -0.160. The first kappa shape index (κ1) is 17.2. The lowest BCUT2D eigenvalue weighted by molar-refractivity contribution is -0.261. The molecule has 2 rings (SSSR count). The predicted octanol–water partition coefficient (Wildman–Crippen LogP) is 3.04. The molecule has 9 atom stereocenters. The Morgan fingerprint density at radius 3 is 2.29 bits per heavy atom. The van der Waals surface area contributed by atoms with Crippen molar-refractivity contribution < 1.29 is 19.3 Å². The van der Waals surface area contributed by atoms with Crippen LogP contribution in [-0.2, 0) is 14.2 Å². The quantitative estimate of drug-likeness (QED) is 0.870. The van der Waals surface area contributed by atoms with E-state index in [-0.39, 0.29) is 24.4 Å². The fourth-order valence-corrected chi connectivity index (χ4v) is 3.62. The highest BCUT2D eigenvalue weighted by Crippen LogP contribution is 2.36. The Morgan fingerprint density at radius 1 is 0.952 bits per heavy atom. The zero-order valence-corrected chi connectivity index (χ0v) is 14.3.